The van der Waals surface area contributed by atoms with E-state index in [0.29, 0.717) is 0 Å². The van der Waals surface area contributed by atoms with E-state index in [1.54, 1.807) is 0 Å². The second-order valence-electron chi connectivity index (χ2n) is 4.65. The molecule has 1 aliphatic rings. The molecule has 1 saturated heterocycles. The van der Waals surface area contributed by atoms with Gasteiger partial charge in [0.05, 0.1) is 5.69 Å². The van der Waals surface area contributed by atoms with E-state index >= 15 is 0 Å². The summed E-state index contributed by atoms with van der Waals surface area (Å²) >= 11 is 0. The molecule has 1 fully saturated rings. The number of hydrogen-bond donors (Lipinski definition) is 2. The van der Waals surface area contributed by atoms with Crippen molar-refractivity contribution in [1.29, 1.82) is 0 Å². The number of carbonyl (C=O) groups is 2. The third-order valence-corrected chi connectivity index (χ3v) is 3.10. The molecule has 6 nitrogen and oxygen atoms in total. The number of benzene rings is 1. The highest BCUT2D eigenvalue weighted by Gasteiger charge is 2.35. The molecule has 1 aromatic carbocycles. The Morgan fingerprint density at radius 3 is 2.82 bits per heavy atom. The highest BCUT2D eigenvalue weighted by atomic mass is 19.1. The molecule has 2 atom stereocenters. The molecule has 0 unspecified atom stereocenters. The Balaban J connectivity index is 2.07. The van der Waals surface area contributed by atoms with Gasteiger partial charge < -0.3 is 19.9 Å². The van der Waals surface area contributed by atoms with Gasteiger partial charge in [0.25, 0.3) is 5.91 Å². The van der Waals surface area contributed by atoms with Gasteiger partial charge in [0, 0.05) is 6.07 Å². The Bertz CT molecular complexity index is 625. The number of rotatable bonds is 5. The number of ether oxygens (including phenoxy) is 2. The zero-order valence-electron chi connectivity index (χ0n) is 11.5. The predicted molar refractivity (Wildman–Crippen MR) is 74.9 cm³/mol. The maximum absolute atomic E-state index is 13.3. The van der Waals surface area contributed by atoms with Crippen molar-refractivity contribution in [3.8, 4) is 18.1 Å². The van der Waals surface area contributed by atoms with Crippen molar-refractivity contribution < 1.29 is 28.6 Å². The minimum atomic E-state index is -1.11. The molecular formula is C15H14FNO5. The zero-order chi connectivity index (χ0) is 16.1. The number of carbonyl (C=O) groups excluding carboxylic acids is 1. The van der Waals surface area contributed by atoms with Crippen molar-refractivity contribution in [1.82, 2.24) is 0 Å². The molecule has 7 heteroatoms. The van der Waals surface area contributed by atoms with Gasteiger partial charge in [-0.25, -0.2) is 9.18 Å². The molecule has 116 valence electrons. The summed E-state index contributed by atoms with van der Waals surface area (Å²) in [6.07, 6.45) is 3.71. The number of carboxylic acids is 1. The zero-order valence-corrected chi connectivity index (χ0v) is 11.5. The van der Waals surface area contributed by atoms with Crippen LogP contribution in [0.15, 0.2) is 18.2 Å². The highest BCUT2D eigenvalue weighted by Crippen LogP contribution is 2.27. The number of carboxylic acid groups (broad SMARTS) is 1. The summed E-state index contributed by atoms with van der Waals surface area (Å²) in [4.78, 5) is 22.9. The molecule has 0 radical (unpaired) electrons. The van der Waals surface area contributed by atoms with Gasteiger partial charge in [0.1, 0.15) is 24.3 Å². The first kappa shape index (κ1) is 15.8. The van der Waals surface area contributed by atoms with Gasteiger partial charge in [-0.2, -0.15) is 0 Å². The van der Waals surface area contributed by atoms with Crippen molar-refractivity contribution in [3.05, 3.63) is 24.0 Å². The molecule has 1 aliphatic heterocycles. The van der Waals surface area contributed by atoms with Crippen LogP contribution in [0.2, 0.25) is 0 Å². The van der Waals surface area contributed by atoms with Crippen LogP contribution in [0, 0.1) is 18.2 Å². The number of halogens is 1. The van der Waals surface area contributed by atoms with Gasteiger partial charge in [0.2, 0.25) is 0 Å². The molecule has 1 amide bonds. The number of nitrogens with one attached hydrogen (secondary N) is 1. The normalized spacial score (nSPS) is 20.2. The van der Waals surface area contributed by atoms with Crippen molar-refractivity contribution in [2.45, 2.75) is 25.0 Å². The summed E-state index contributed by atoms with van der Waals surface area (Å²) in [6.45, 7) is -0.0322. The molecule has 22 heavy (non-hydrogen) atoms. The Morgan fingerprint density at radius 2 is 2.18 bits per heavy atom. The number of aliphatic carboxylic acids is 1. The summed E-state index contributed by atoms with van der Waals surface area (Å²) in [5, 5.41) is 11.3. The van der Waals surface area contributed by atoms with Gasteiger partial charge in [-0.3, -0.25) is 4.79 Å². The maximum atomic E-state index is 13.3. The van der Waals surface area contributed by atoms with Gasteiger partial charge >= 0.3 is 5.97 Å². The summed E-state index contributed by atoms with van der Waals surface area (Å²) in [5.41, 5.74) is 0.114. The van der Waals surface area contributed by atoms with Gasteiger partial charge in [0.15, 0.2) is 6.10 Å². The van der Waals surface area contributed by atoms with Crippen LogP contribution in [0.25, 0.3) is 0 Å². The Morgan fingerprint density at radius 1 is 1.45 bits per heavy atom. The minimum absolute atomic E-state index is 0.0322. The third kappa shape index (κ3) is 3.74. The molecule has 2 N–H and O–H groups in total. The lowest BCUT2D eigenvalue weighted by Gasteiger charge is -2.14. The van der Waals surface area contributed by atoms with E-state index in [2.05, 4.69) is 11.2 Å². The van der Waals surface area contributed by atoms with Crippen molar-refractivity contribution >= 4 is 17.6 Å². The molecule has 0 aliphatic carbocycles. The van der Waals surface area contributed by atoms with Gasteiger partial charge in [-0.1, -0.05) is 5.92 Å². The van der Waals surface area contributed by atoms with Gasteiger partial charge in [-0.15, -0.1) is 6.42 Å². The second-order valence-corrected chi connectivity index (χ2v) is 4.65. The van der Waals surface area contributed by atoms with Crippen molar-refractivity contribution in [2.75, 3.05) is 11.9 Å². The quantitative estimate of drug-likeness (QED) is 0.803. The van der Waals surface area contributed by atoms with E-state index in [-0.39, 0.29) is 30.9 Å². The molecule has 0 aromatic heterocycles. The Kier molecular flexibility index (Phi) is 4.96. The lowest BCUT2D eigenvalue weighted by molar-refractivity contribution is -0.150. The Labute approximate surface area is 126 Å². The fraction of sp³-hybridized carbons (Fsp3) is 0.333. The van der Waals surface area contributed by atoms with Crippen molar-refractivity contribution in [2.24, 2.45) is 0 Å². The topological polar surface area (TPSA) is 84.9 Å². The fourth-order valence-corrected chi connectivity index (χ4v) is 2.07. The fourth-order valence-electron chi connectivity index (χ4n) is 2.07. The molecule has 1 heterocycles. The average Bonchev–Trinajstić information content (AvgIpc) is 2.96. The summed E-state index contributed by atoms with van der Waals surface area (Å²) in [6, 6.07) is 3.61. The third-order valence-electron chi connectivity index (χ3n) is 3.10. The van der Waals surface area contributed by atoms with E-state index in [0.717, 1.165) is 6.07 Å². The van der Waals surface area contributed by atoms with Crippen LogP contribution in [0.5, 0.6) is 5.75 Å². The summed E-state index contributed by atoms with van der Waals surface area (Å²) < 4.78 is 23.7. The van der Waals surface area contributed by atoms with E-state index in [1.807, 2.05) is 0 Å². The number of hydrogen-bond acceptors (Lipinski definition) is 4. The summed E-state index contributed by atoms with van der Waals surface area (Å²) in [5.74, 6) is 0.265. The summed E-state index contributed by atoms with van der Waals surface area (Å²) in [7, 11) is 0. The lowest BCUT2D eigenvalue weighted by atomic mass is 10.2. The van der Waals surface area contributed by atoms with E-state index in [4.69, 9.17) is 21.0 Å². The first-order chi connectivity index (χ1) is 10.5. The van der Waals surface area contributed by atoms with Crippen LogP contribution in [-0.2, 0) is 14.3 Å². The molecule has 0 saturated carbocycles. The second kappa shape index (κ2) is 6.91. The first-order valence-electron chi connectivity index (χ1n) is 6.56. The standard InChI is InChI=1S/C15H14FNO5/c1-2-7-21-11-4-3-9(16)8-10(11)17-14(18)12-5-6-13(22-12)15(19)20/h1,3-4,8,12-13H,5-7H2,(H,17,18)(H,19,20)/t12-,13+/m0/s1. The lowest BCUT2D eigenvalue weighted by Crippen LogP contribution is -2.30. The molecule has 2 rings (SSSR count). The number of terminal acetylenes is 1. The average molecular weight is 307 g/mol. The first-order valence-corrected chi connectivity index (χ1v) is 6.56. The van der Waals surface area contributed by atoms with Crippen LogP contribution < -0.4 is 10.1 Å². The number of anilines is 1. The van der Waals surface area contributed by atoms with Crippen molar-refractivity contribution in [3.63, 3.8) is 0 Å². The predicted octanol–water partition coefficient (Wildman–Crippen LogP) is 1.41. The van der Waals surface area contributed by atoms with E-state index in [1.165, 1.54) is 12.1 Å². The monoisotopic (exact) mass is 307 g/mol. The van der Waals surface area contributed by atoms with E-state index in [9.17, 15) is 14.0 Å². The van der Waals surface area contributed by atoms with Crippen LogP contribution in [-0.4, -0.2) is 35.8 Å². The maximum Gasteiger partial charge on any atom is 0.332 e. The van der Waals surface area contributed by atoms with E-state index < -0.39 is 29.9 Å². The SMILES string of the molecule is C#CCOc1ccc(F)cc1NC(=O)[C@@H]1CC[C@H](C(=O)O)O1. The van der Waals surface area contributed by atoms with Crippen LogP contribution in [0.4, 0.5) is 10.1 Å². The molecule has 1 aromatic rings. The highest BCUT2D eigenvalue weighted by molar-refractivity contribution is 5.96. The Hall–Kier alpha value is -2.59. The molecule has 0 bridgehead atoms. The minimum Gasteiger partial charge on any atom is -0.479 e. The van der Waals surface area contributed by atoms with Gasteiger partial charge in [-0.05, 0) is 25.0 Å². The van der Waals surface area contributed by atoms with Crippen LogP contribution >= 0.6 is 0 Å². The molecule has 0 spiro atoms. The smallest absolute Gasteiger partial charge is 0.332 e. The number of amides is 1. The largest absolute Gasteiger partial charge is 0.479 e. The molecular weight excluding hydrogens is 293 g/mol. The van der Waals surface area contributed by atoms with Crippen LogP contribution in [0.3, 0.4) is 0 Å². The van der Waals surface area contributed by atoms with Crippen LogP contribution in [0.1, 0.15) is 12.8 Å².